The fraction of sp³-hybridized carbons (Fsp3) is 0.500. The Morgan fingerprint density at radius 1 is 1.00 bits per heavy atom. The number of amides is 4. The number of aromatic nitrogens is 2. The van der Waals surface area contributed by atoms with Crippen LogP contribution in [0.4, 0.5) is 4.79 Å². The molecule has 0 atom stereocenters. The van der Waals surface area contributed by atoms with Gasteiger partial charge in [-0.05, 0) is 61.4 Å². The van der Waals surface area contributed by atoms with E-state index in [2.05, 4.69) is 44.0 Å². The monoisotopic (exact) mass is 510 g/mol. The third kappa shape index (κ3) is 10.9. The van der Waals surface area contributed by atoms with Gasteiger partial charge in [0.05, 0.1) is 0 Å². The van der Waals surface area contributed by atoms with E-state index in [0.717, 1.165) is 9.47 Å². The minimum atomic E-state index is -3.22. The lowest BCUT2D eigenvalue weighted by atomic mass is 10.2. The van der Waals surface area contributed by atoms with E-state index in [1.54, 1.807) is 27.7 Å². The lowest BCUT2D eigenvalue weighted by Gasteiger charge is -2.27. The van der Waals surface area contributed by atoms with E-state index < -0.39 is 28.7 Å². The molecule has 1 aromatic rings. The molecule has 0 saturated carbocycles. The van der Waals surface area contributed by atoms with Crippen LogP contribution in [-0.2, 0) is 14.2 Å². The van der Waals surface area contributed by atoms with Gasteiger partial charge in [-0.25, -0.2) is 9.59 Å². The molecule has 1 saturated heterocycles. The molecule has 0 radical (unpaired) electrons. The number of halogens is 4. The smallest absolute Gasteiger partial charge is 0.298 e. The summed E-state index contributed by atoms with van der Waals surface area (Å²) in [5.41, 5.74) is -0.846. The van der Waals surface area contributed by atoms with Gasteiger partial charge >= 0.3 is 16.9 Å². The van der Waals surface area contributed by atoms with Crippen molar-refractivity contribution in [3.05, 3.63) is 32.1 Å². The van der Waals surface area contributed by atoms with Gasteiger partial charge in [-0.2, -0.15) is 0 Å². The number of hydrogen-bond donors (Lipinski definition) is 2. The van der Waals surface area contributed by atoms with Gasteiger partial charge in [-0.1, -0.05) is 11.6 Å². The van der Waals surface area contributed by atoms with Gasteiger partial charge in [-0.15, -0.1) is 0 Å². The van der Waals surface area contributed by atoms with Crippen molar-refractivity contribution in [1.82, 2.24) is 19.8 Å². The normalized spacial score (nSPS) is 14.1. The van der Waals surface area contributed by atoms with E-state index in [0.29, 0.717) is 0 Å². The summed E-state index contributed by atoms with van der Waals surface area (Å²) in [6.45, 7) is 6.94. The molecule has 0 bridgehead atoms. The average molecular weight is 512 g/mol. The number of carbonyl (C=O) groups is 3. The second-order valence-electron chi connectivity index (χ2n) is 6.01. The third-order valence-electron chi connectivity index (χ3n) is 3.01. The van der Waals surface area contributed by atoms with Crippen LogP contribution in [0.2, 0.25) is 5.15 Å². The maximum absolute atomic E-state index is 11.2. The minimum Gasteiger partial charge on any atom is -0.298 e. The van der Waals surface area contributed by atoms with Gasteiger partial charge in [-0.3, -0.25) is 38.7 Å². The second-order valence-corrected chi connectivity index (χ2v) is 13.1. The molecule has 164 valence electrons. The number of carbonyl (C=O) groups excluding carboxylic acids is 3. The maximum atomic E-state index is 11.2. The zero-order chi connectivity index (χ0) is 23.1. The zero-order valence-corrected chi connectivity index (χ0v) is 19.7. The van der Waals surface area contributed by atoms with Gasteiger partial charge in [0.15, 0.2) is 0 Å². The number of urea groups is 1. The quantitative estimate of drug-likeness (QED) is 0.354. The Morgan fingerprint density at radius 2 is 1.48 bits per heavy atom. The van der Waals surface area contributed by atoms with Crippen LogP contribution >= 0.6 is 50.5 Å². The summed E-state index contributed by atoms with van der Waals surface area (Å²) in [6.07, 6.45) is -0.232. The van der Waals surface area contributed by atoms with Gasteiger partial charge in [0.25, 0.3) is 5.56 Å². The SMILES string of the molecule is CC(C)N1C(=O)CC(=O)NC1=O.CC(C)n1c(=O)cc(Cl)[nH]c1=O.O=P(Cl)(Cl)Cl. The molecule has 29 heavy (non-hydrogen) atoms. The van der Waals surface area contributed by atoms with Gasteiger partial charge < -0.3 is 0 Å². The highest BCUT2D eigenvalue weighted by molar-refractivity contribution is 8.24. The highest BCUT2D eigenvalue weighted by Crippen LogP contribution is 2.61. The standard InChI is InChI=1S/C7H9ClN2O2.C7H10N2O3.Cl3OP/c1-4(2)10-6(11)3-5(8)9-7(10)12;1-4(2)9-6(11)3-5(10)8-7(9)12;1-5(2,3)4/h3-4H,1-2H3,(H,9,12);4H,3H2,1-2H3,(H,8,10,12);. The number of nitrogens with zero attached hydrogens (tertiary/aromatic N) is 2. The summed E-state index contributed by atoms with van der Waals surface area (Å²) in [7, 11) is 0. The van der Waals surface area contributed by atoms with Gasteiger partial charge in [0.1, 0.15) is 11.6 Å². The lowest BCUT2D eigenvalue weighted by molar-refractivity contribution is -0.137. The van der Waals surface area contributed by atoms with Gasteiger partial charge in [0.2, 0.25) is 11.8 Å². The van der Waals surface area contributed by atoms with Crippen LogP contribution in [0.3, 0.4) is 0 Å². The number of imide groups is 2. The Bertz CT molecular complexity index is 864. The van der Waals surface area contributed by atoms with Crippen molar-refractivity contribution in [3.63, 3.8) is 0 Å². The lowest BCUT2D eigenvalue weighted by Crippen LogP contribution is -2.55. The Morgan fingerprint density at radius 3 is 1.83 bits per heavy atom. The van der Waals surface area contributed by atoms with Crippen LogP contribution in [0.1, 0.15) is 40.2 Å². The molecule has 1 aliphatic heterocycles. The highest BCUT2D eigenvalue weighted by atomic mass is 36.0. The summed E-state index contributed by atoms with van der Waals surface area (Å²) < 4.78 is 10.6. The first-order valence-electron chi connectivity index (χ1n) is 7.90. The fourth-order valence-corrected chi connectivity index (χ4v) is 2.22. The van der Waals surface area contributed by atoms with Crippen LogP contribution in [0, 0.1) is 0 Å². The van der Waals surface area contributed by atoms with Crippen LogP contribution in [-0.4, -0.2) is 38.3 Å². The number of barbiturate groups is 1. The molecule has 15 heteroatoms. The minimum absolute atomic E-state index is 0.0712. The number of aromatic amines is 1. The van der Waals surface area contributed by atoms with Crippen LogP contribution in [0.5, 0.6) is 0 Å². The number of rotatable bonds is 2. The van der Waals surface area contributed by atoms with E-state index in [1.165, 1.54) is 6.07 Å². The first-order chi connectivity index (χ1) is 13.0. The number of nitrogens with one attached hydrogen (secondary N) is 2. The number of hydrogen-bond acceptors (Lipinski definition) is 6. The molecule has 1 aliphatic rings. The van der Waals surface area contributed by atoms with Crippen molar-refractivity contribution in [2.45, 2.75) is 46.2 Å². The third-order valence-corrected chi connectivity index (χ3v) is 3.21. The average Bonchev–Trinajstić information content (AvgIpc) is 2.42. The summed E-state index contributed by atoms with van der Waals surface area (Å²) in [5, 5.41) is -1.08. The molecule has 10 nitrogen and oxygen atoms in total. The molecular formula is C14H19Cl4N4O6P. The van der Waals surface area contributed by atoms with E-state index >= 15 is 0 Å². The summed E-state index contributed by atoms with van der Waals surface area (Å²) in [6, 6.07) is 0.207. The predicted octanol–water partition coefficient (Wildman–Crippen LogP) is 3.45. The Balaban J connectivity index is 0.000000442. The predicted molar refractivity (Wildman–Crippen MR) is 112 cm³/mol. The molecule has 2 heterocycles. The molecule has 1 aromatic heterocycles. The number of H-pyrrole nitrogens is 1. The molecule has 1 fully saturated rings. The van der Waals surface area contributed by atoms with Crippen LogP contribution in [0.25, 0.3) is 0 Å². The van der Waals surface area contributed by atoms with E-state index in [-0.39, 0.29) is 29.2 Å². The fourth-order valence-electron chi connectivity index (χ4n) is 2.05. The van der Waals surface area contributed by atoms with Crippen molar-refractivity contribution >= 4 is 68.4 Å². The molecule has 2 N–H and O–H groups in total. The van der Waals surface area contributed by atoms with Crippen molar-refractivity contribution < 1.29 is 18.9 Å². The van der Waals surface area contributed by atoms with Crippen LogP contribution < -0.4 is 16.6 Å². The molecular weight excluding hydrogens is 493 g/mol. The Labute approximate surface area is 185 Å². The summed E-state index contributed by atoms with van der Waals surface area (Å²) >= 11 is 19.3. The van der Waals surface area contributed by atoms with Crippen molar-refractivity contribution in [1.29, 1.82) is 0 Å². The van der Waals surface area contributed by atoms with Crippen LogP contribution in [0.15, 0.2) is 15.7 Å². The van der Waals surface area contributed by atoms with E-state index in [9.17, 15) is 28.5 Å². The van der Waals surface area contributed by atoms with E-state index in [1.807, 2.05) is 0 Å². The molecule has 0 aromatic carbocycles. The Hall–Kier alpha value is -1.32. The Kier molecular flexibility index (Phi) is 11.2. The zero-order valence-electron chi connectivity index (χ0n) is 15.7. The van der Waals surface area contributed by atoms with Crippen molar-refractivity contribution in [2.75, 3.05) is 0 Å². The highest BCUT2D eigenvalue weighted by Gasteiger charge is 2.32. The van der Waals surface area contributed by atoms with Crippen molar-refractivity contribution in [2.24, 2.45) is 0 Å². The molecule has 0 aliphatic carbocycles. The maximum Gasteiger partial charge on any atom is 0.339 e. The molecule has 2 rings (SSSR count). The topological polar surface area (TPSA) is 138 Å². The molecule has 0 spiro atoms. The summed E-state index contributed by atoms with van der Waals surface area (Å²) in [5.74, 6) is -0.958. The van der Waals surface area contributed by atoms with Crippen molar-refractivity contribution in [3.8, 4) is 0 Å². The summed E-state index contributed by atoms with van der Waals surface area (Å²) in [4.78, 5) is 58.5. The molecule has 4 amide bonds. The second kappa shape index (κ2) is 11.8. The first-order valence-corrected chi connectivity index (χ1v) is 12.7. The first kappa shape index (κ1) is 27.7. The molecule has 0 unspecified atom stereocenters. The van der Waals surface area contributed by atoms with Gasteiger partial charge in [0, 0.05) is 18.2 Å². The van der Waals surface area contributed by atoms with E-state index in [4.69, 9.17) is 11.6 Å². The largest absolute Gasteiger partial charge is 0.339 e.